The fourth-order valence-corrected chi connectivity index (χ4v) is 3.14. The van der Waals surface area contributed by atoms with Crippen molar-refractivity contribution in [3.63, 3.8) is 0 Å². The van der Waals surface area contributed by atoms with E-state index in [2.05, 4.69) is 11.8 Å². The zero-order valence-electron chi connectivity index (χ0n) is 11.5. The highest BCUT2D eigenvalue weighted by atomic mass is 19.1. The van der Waals surface area contributed by atoms with E-state index in [1.54, 1.807) is 0 Å². The Labute approximate surface area is 114 Å². The van der Waals surface area contributed by atoms with Crippen molar-refractivity contribution >= 4 is 0 Å². The van der Waals surface area contributed by atoms with Gasteiger partial charge in [-0.15, -0.1) is 0 Å². The summed E-state index contributed by atoms with van der Waals surface area (Å²) in [6.45, 7) is 4.27. The number of nitrogens with two attached hydrogens (primary N) is 1. The largest absolute Gasteiger partial charge is 0.508 e. The molecule has 2 rings (SSSR count). The lowest BCUT2D eigenvalue weighted by molar-refractivity contribution is 0.160. The van der Waals surface area contributed by atoms with E-state index in [1.807, 2.05) is 0 Å². The van der Waals surface area contributed by atoms with Crippen LogP contribution < -0.4 is 5.73 Å². The van der Waals surface area contributed by atoms with E-state index in [1.165, 1.54) is 31.0 Å². The van der Waals surface area contributed by atoms with Crippen LogP contribution in [0, 0.1) is 11.7 Å². The minimum atomic E-state index is -0.300. The van der Waals surface area contributed by atoms with E-state index in [0.29, 0.717) is 30.6 Å². The molecular formula is C15H23FN2O. The number of hydrogen-bond acceptors (Lipinski definition) is 3. The predicted molar refractivity (Wildman–Crippen MR) is 74.3 cm³/mol. The molecule has 1 aliphatic rings. The van der Waals surface area contributed by atoms with Crippen LogP contribution >= 0.6 is 0 Å². The second-order valence-electron chi connectivity index (χ2n) is 5.33. The third-order valence-electron chi connectivity index (χ3n) is 4.21. The van der Waals surface area contributed by atoms with Gasteiger partial charge in [-0.2, -0.15) is 0 Å². The number of hydrogen-bond donors (Lipinski definition) is 2. The highest BCUT2D eigenvalue weighted by Crippen LogP contribution is 2.31. The Bertz CT molecular complexity index is 425. The van der Waals surface area contributed by atoms with Crippen LogP contribution in [0.3, 0.4) is 0 Å². The third-order valence-corrected chi connectivity index (χ3v) is 4.21. The molecule has 0 radical (unpaired) electrons. The average molecular weight is 266 g/mol. The zero-order chi connectivity index (χ0) is 13.8. The van der Waals surface area contributed by atoms with E-state index < -0.39 is 0 Å². The van der Waals surface area contributed by atoms with Crippen molar-refractivity contribution in [2.24, 2.45) is 11.7 Å². The van der Waals surface area contributed by atoms with Crippen LogP contribution in [0.5, 0.6) is 5.75 Å². The van der Waals surface area contributed by atoms with Gasteiger partial charge in [0, 0.05) is 18.2 Å². The quantitative estimate of drug-likeness (QED) is 0.861. The summed E-state index contributed by atoms with van der Waals surface area (Å²) in [5, 5.41) is 9.83. The summed E-state index contributed by atoms with van der Waals surface area (Å²) >= 11 is 0. The van der Waals surface area contributed by atoms with E-state index in [0.717, 1.165) is 13.0 Å². The van der Waals surface area contributed by atoms with E-state index in [9.17, 15) is 9.50 Å². The van der Waals surface area contributed by atoms with E-state index in [-0.39, 0.29) is 11.6 Å². The highest BCUT2D eigenvalue weighted by Gasteiger charge is 2.30. The first-order valence-electron chi connectivity index (χ1n) is 7.07. The van der Waals surface area contributed by atoms with Crippen LogP contribution in [0.15, 0.2) is 18.2 Å². The number of phenols is 1. The molecule has 1 aliphatic carbocycles. The standard InChI is InChI=1S/C15H23FN2O/c1-2-18(14-5-3-4-11(14)9-17)10-12-8-13(16)6-7-15(12)19/h6-8,11,14,19H,2-5,9-10,17H2,1H3. The maximum Gasteiger partial charge on any atom is 0.123 e. The Morgan fingerprint density at radius 1 is 1.42 bits per heavy atom. The van der Waals surface area contributed by atoms with Crippen LogP contribution in [0.25, 0.3) is 0 Å². The molecule has 1 aromatic rings. The topological polar surface area (TPSA) is 49.5 Å². The summed E-state index contributed by atoms with van der Waals surface area (Å²) in [6, 6.07) is 4.59. The number of phenolic OH excluding ortho intramolecular Hbond substituents is 1. The van der Waals surface area contributed by atoms with Crippen LogP contribution in [0.2, 0.25) is 0 Å². The number of aromatic hydroxyl groups is 1. The first-order valence-corrected chi connectivity index (χ1v) is 7.07. The van der Waals surface area contributed by atoms with Gasteiger partial charge in [0.25, 0.3) is 0 Å². The molecule has 1 saturated carbocycles. The molecule has 0 saturated heterocycles. The maximum absolute atomic E-state index is 13.3. The molecule has 3 nitrogen and oxygen atoms in total. The summed E-state index contributed by atoms with van der Waals surface area (Å²) in [7, 11) is 0. The van der Waals surface area contributed by atoms with Crippen LogP contribution in [-0.2, 0) is 6.54 Å². The Hall–Kier alpha value is -1.13. The number of nitrogens with zero attached hydrogens (tertiary/aromatic N) is 1. The SMILES string of the molecule is CCN(Cc1cc(F)ccc1O)C1CCCC1CN. The molecule has 2 unspecified atom stereocenters. The molecule has 4 heteroatoms. The molecular weight excluding hydrogens is 243 g/mol. The lowest BCUT2D eigenvalue weighted by Gasteiger charge is -2.32. The van der Waals surface area contributed by atoms with Gasteiger partial charge < -0.3 is 10.8 Å². The fourth-order valence-electron chi connectivity index (χ4n) is 3.14. The molecule has 2 atom stereocenters. The first kappa shape index (κ1) is 14.3. The Balaban J connectivity index is 2.12. The van der Waals surface area contributed by atoms with Crippen molar-refractivity contribution in [3.05, 3.63) is 29.6 Å². The lowest BCUT2D eigenvalue weighted by atomic mass is 10.0. The number of benzene rings is 1. The van der Waals surface area contributed by atoms with Crippen LogP contribution in [-0.4, -0.2) is 29.1 Å². The Morgan fingerprint density at radius 3 is 2.89 bits per heavy atom. The smallest absolute Gasteiger partial charge is 0.123 e. The molecule has 1 fully saturated rings. The highest BCUT2D eigenvalue weighted by molar-refractivity contribution is 5.32. The summed E-state index contributed by atoms with van der Waals surface area (Å²) in [4.78, 5) is 2.30. The monoisotopic (exact) mass is 266 g/mol. The summed E-state index contributed by atoms with van der Waals surface area (Å²) in [6.07, 6.45) is 3.52. The van der Waals surface area contributed by atoms with E-state index >= 15 is 0 Å². The summed E-state index contributed by atoms with van der Waals surface area (Å²) < 4.78 is 13.3. The average Bonchev–Trinajstić information content (AvgIpc) is 2.88. The Morgan fingerprint density at radius 2 is 2.21 bits per heavy atom. The molecule has 19 heavy (non-hydrogen) atoms. The van der Waals surface area contributed by atoms with Crippen molar-refractivity contribution in [2.45, 2.75) is 38.8 Å². The van der Waals surface area contributed by atoms with Gasteiger partial charge >= 0.3 is 0 Å². The molecule has 0 bridgehead atoms. The van der Waals surface area contributed by atoms with Crippen molar-refractivity contribution in [3.8, 4) is 5.75 Å². The van der Waals surface area contributed by atoms with Gasteiger partial charge in [-0.25, -0.2) is 4.39 Å². The minimum Gasteiger partial charge on any atom is -0.508 e. The molecule has 0 amide bonds. The normalized spacial score (nSPS) is 23.2. The molecule has 106 valence electrons. The summed E-state index contributed by atoms with van der Waals surface area (Å²) in [5.74, 6) is 0.392. The van der Waals surface area contributed by atoms with Gasteiger partial charge in [-0.3, -0.25) is 4.90 Å². The van der Waals surface area contributed by atoms with Crippen molar-refractivity contribution in [1.82, 2.24) is 4.90 Å². The number of halogens is 1. The maximum atomic E-state index is 13.3. The predicted octanol–water partition coefficient (Wildman–Crippen LogP) is 2.48. The molecule has 0 aliphatic heterocycles. The van der Waals surface area contributed by atoms with Crippen molar-refractivity contribution in [1.29, 1.82) is 0 Å². The van der Waals surface area contributed by atoms with E-state index in [4.69, 9.17) is 5.73 Å². The molecule has 0 aromatic heterocycles. The van der Waals surface area contributed by atoms with Gasteiger partial charge in [-0.1, -0.05) is 13.3 Å². The van der Waals surface area contributed by atoms with Crippen LogP contribution in [0.1, 0.15) is 31.7 Å². The first-order chi connectivity index (χ1) is 9.15. The lowest BCUT2D eigenvalue weighted by Crippen LogP contribution is -2.39. The van der Waals surface area contributed by atoms with Crippen molar-refractivity contribution in [2.75, 3.05) is 13.1 Å². The second kappa shape index (κ2) is 6.35. The molecule has 0 heterocycles. The number of rotatable bonds is 5. The zero-order valence-corrected chi connectivity index (χ0v) is 11.5. The van der Waals surface area contributed by atoms with Gasteiger partial charge in [0.15, 0.2) is 0 Å². The van der Waals surface area contributed by atoms with Gasteiger partial charge in [0.1, 0.15) is 11.6 Å². The third kappa shape index (κ3) is 3.25. The van der Waals surface area contributed by atoms with Gasteiger partial charge in [0.05, 0.1) is 0 Å². The molecule has 3 N–H and O–H groups in total. The Kier molecular flexibility index (Phi) is 4.77. The van der Waals surface area contributed by atoms with Crippen LogP contribution in [0.4, 0.5) is 4.39 Å². The van der Waals surface area contributed by atoms with Gasteiger partial charge in [-0.05, 0) is 50.0 Å². The van der Waals surface area contributed by atoms with Crippen molar-refractivity contribution < 1.29 is 9.50 Å². The summed E-state index contributed by atoms with van der Waals surface area (Å²) in [5.41, 5.74) is 6.49. The van der Waals surface area contributed by atoms with Gasteiger partial charge in [0.2, 0.25) is 0 Å². The fraction of sp³-hybridized carbons (Fsp3) is 0.600. The second-order valence-corrected chi connectivity index (χ2v) is 5.33. The molecule has 1 aromatic carbocycles. The molecule has 0 spiro atoms. The minimum absolute atomic E-state index is 0.169.